The molecule has 1 rings (SSSR count). The van der Waals surface area contributed by atoms with Crippen molar-refractivity contribution in [3.05, 3.63) is 24.9 Å². The molecule has 1 heterocycles. The van der Waals surface area contributed by atoms with Gasteiger partial charge in [-0.15, -0.1) is 6.58 Å². The lowest BCUT2D eigenvalue weighted by atomic mass is 10.00. The maximum Gasteiger partial charge on any atom is 0.124 e. The molecule has 0 aliphatic carbocycles. The highest BCUT2D eigenvalue weighted by atomic mass is 15.3. The van der Waals surface area contributed by atoms with Gasteiger partial charge in [-0.2, -0.15) is 5.10 Å². The lowest BCUT2D eigenvalue weighted by Gasteiger charge is -2.21. The normalized spacial score (nSPS) is 14.4. The summed E-state index contributed by atoms with van der Waals surface area (Å²) in [6, 6.07) is 2.47. The van der Waals surface area contributed by atoms with E-state index in [0.29, 0.717) is 12.0 Å². The molecule has 0 bridgehead atoms. The Labute approximate surface area is 98.5 Å². The molecule has 0 fully saturated rings. The number of allylic oxidation sites excluding steroid dienone is 1. The molecule has 90 valence electrons. The summed E-state index contributed by atoms with van der Waals surface area (Å²) in [5.41, 5.74) is 0. The predicted octanol–water partition coefficient (Wildman–Crippen LogP) is 3.31. The first kappa shape index (κ1) is 12.8. The number of hydrogen-bond donors (Lipinski definition) is 1. The van der Waals surface area contributed by atoms with E-state index in [1.165, 1.54) is 0 Å². The third-order valence-corrected chi connectivity index (χ3v) is 2.92. The fraction of sp³-hybridized carbons (Fsp3) is 0.615. The van der Waals surface area contributed by atoms with Crippen molar-refractivity contribution in [3.8, 4) is 0 Å². The summed E-state index contributed by atoms with van der Waals surface area (Å²) in [6.45, 7) is 11.4. The maximum absolute atomic E-state index is 4.30. The molecule has 0 aliphatic rings. The molecule has 1 aromatic heterocycles. The van der Waals surface area contributed by atoms with E-state index in [2.05, 4.69) is 37.8 Å². The Morgan fingerprint density at radius 1 is 1.56 bits per heavy atom. The van der Waals surface area contributed by atoms with E-state index in [0.717, 1.165) is 25.2 Å². The number of aromatic nitrogens is 2. The van der Waals surface area contributed by atoms with E-state index in [1.54, 1.807) is 0 Å². The summed E-state index contributed by atoms with van der Waals surface area (Å²) in [4.78, 5) is 0. The molecular formula is C13H23N3. The number of aryl methyl sites for hydroxylation is 1. The molecule has 2 atom stereocenters. The Morgan fingerprint density at radius 2 is 2.31 bits per heavy atom. The van der Waals surface area contributed by atoms with Gasteiger partial charge in [-0.1, -0.05) is 19.9 Å². The number of anilines is 1. The monoisotopic (exact) mass is 221 g/mol. The molecule has 3 nitrogen and oxygen atoms in total. The minimum atomic E-state index is 0.435. The van der Waals surface area contributed by atoms with Gasteiger partial charge in [-0.05, 0) is 25.7 Å². The first-order valence-corrected chi connectivity index (χ1v) is 6.08. The van der Waals surface area contributed by atoms with E-state index in [1.807, 2.05) is 23.0 Å². The van der Waals surface area contributed by atoms with Crippen molar-refractivity contribution < 1.29 is 0 Å². The van der Waals surface area contributed by atoms with Gasteiger partial charge in [0.1, 0.15) is 5.82 Å². The Balaban J connectivity index is 2.57. The minimum absolute atomic E-state index is 0.435. The topological polar surface area (TPSA) is 29.9 Å². The maximum atomic E-state index is 4.30. The zero-order valence-corrected chi connectivity index (χ0v) is 10.6. The van der Waals surface area contributed by atoms with Crippen LogP contribution in [0.25, 0.3) is 0 Å². The van der Waals surface area contributed by atoms with Crippen molar-refractivity contribution in [1.29, 1.82) is 0 Å². The molecule has 0 spiro atoms. The molecule has 0 saturated carbocycles. The molecule has 0 amide bonds. The van der Waals surface area contributed by atoms with Gasteiger partial charge in [0.2, 0.25) is 0 Å². The molecule has 0 radical (unpaired) electrons. The molecule has 0 aliphatic heterocycles. The van der Waals surface area contributed by atoms with Gasteiger partial charge in [-0.25, -0.2) is 4.68 Å². The molecule has 1 N–H and O–H groups in total. The molecule has 0 aromatic carbocycles. The first-order chi connectivity index (χ1) is 7.69. The van der Waals surface area contributed by atoms with Gasteiger partial charge >= 0.3 is 0 Å². The van der Waals surface area contributed by atoms with E-state index >= 15 is 0 Å². The van der Waals surface area contributed by atoms with E-state index in [9.17, 15) is 0 Å². The van der Waals surface area contributed by atoms with Crippen molar-refractivity contribution in [3.63, 3.8) is 0 Å². The Hall–Kier alpha value is -1.25. The smallest absolute Gasteiger partial charge is 0.124 e. The SMILES string of the molecule is C=CCC(C)C(C)Nc1ccnn1CCC. The Morgan fingerprint density at radius 3 is 2.94 bits per heavy atom. The fourth-order valence-corrected chi connectivity index (χ4v) is 1.69. The zero-order chi connectivity index (χ0) is 12.0. The second kappa shape index (κ2) is 6.36. The number of nitrogens with one attached hydrogen (secondary N) is 1. The Kier molecular flexibility index (Phi) is 5.09. The van der Waals surface area contributed by atoms with Gasteiger partial charge < -0.3 is 5.32 Å². The summed E-state index contributed by atoms with van der Waals surface area (Å²) in [5.74, 6) is 1.70. The van der Waals surface area contributed by atoms with Gasteiger partial charge in [0.25, 0.3) is 0 Å². The lowest BCUT2D eigenvalue weighted by molar-refractivity contribution is 0.508. The first-order valence-electron chi connectivity index (χ1n) is 6.08. The average Bonchev–Trinajstić information content (AvgIpc) is 2.67. The number of rotatable bonds is 7. The summed E-state index contributed by atoms with van der Waals surface area (Å²) < 4.78 is 2.02. The number of nitrogens with zero attached hydrogens (tertiary/aromatic N) is 2. The van der Waals surface area contributed by atoms with Crippen LogP contribution in [0.1, 0.15) is 33.6 Å². The largest absolute Gasteiger partial charge is 0.368 e. The highest BCUT2D eigenvalue weighted by molar-refractivity contribution is 5.35. The van der Waals surface area contributed by atoms with Crippen LogP contribution in [0.2, 0.25) is 0 Å². The summed E-state index contributed by atoms with van der Waals surface area (Å²) in [5, 5.41) is 7.81. The van der Waals surface area contributed by atoms with E-state index in [-0.39, 0.29) is 0 Å². The second-order valence-electron chi connectivity index (χ2n) is 4.37. The third-order valence-electron chi connectivity index (χ3n) is 2.92. The molecule has 3 heteroatoms. The minimum Gasteiger partial charge on any atom is -0.368 e. The van der Waals surface area contributed by atoms with Crippen LogP contribution in [0.5, 0.6) is 0 Å². The van der Waals surface area contributed by atoms with Crippen LogP contribution in [-0.2, 0) is 6.54 Å². The highest BCUT2D eigenvalue weighted by Crippen LogP contribution is 2.15. The fourth-order valence-electron chi connectivity index (χ4n) is 1.69. The van der Waals surface area contributed by atoms with Gasteiger partial charge in [0, 0.05) is 18.7 Å². The molecule has 0 saturated heterocycles. The van der Waals surface area contributed by atoms with Crippen molar-refractivity contribution in [2.24, 2.45) is 5.92 Å². The lowest BCUT2D eigenvalue weighted by Crippen LogP contribution is -2.25. The van der Waals surface area contributed by atoms with Crippen molar-refractivity contribution in [2.45, 2.75) is 46.2 Å². The molecule has 2 unspecified atom stereocenters. The Bertz CT molecular complexity index is 317. The number of hydrogen-bond acceptors (Lipinski definition) is 2. The highest BCUT2D eigenvalue weighted by Gasteiger charge is 2.12. The van der Waals surface area contributed by atoms with Crippen molar-refractivity contribution >= 4 is 5.82 Å². The summed E-state index contributed by atoms with van der Waals surface area (Å²) in [7, 11) is 0. The van der Waals surface area contributed by atoms with Crippen LogP contribution in [0.15, 0.2) is 24.9 Å². The second-order valence-corrected chi connectivity index (χ2v) is 4.37. The van der Waals surface area contributed by atoms with Gasteiger partial charge in [0.15, 0.2) is 0 Å². The molecular weight excluding hydrogens is 198 g/mol. The van der Waals surface area contributed by atoms with Crippen LogP contribution in [0.3, 0.4) is 0 Å². The van der Waals surface area contributed by atoms with Crippen LogP contribution in [0, 0.1) is 5.92 Å². The van der Waals surface area contributed by atoms with Crippen LogP contribution >= 0.6 is 0 Å². The zero-order valence-electron chi connectivity index (χ0n) is 10.6. The van der Waals surface area contributed by atoms with Crippen LogP contribution in [-0.4, -0.2) is 15.8 Å². The standard InChI is InChI=1S/C13H23N3/c1-5-7-11(3)12(4)15-13-8-9-14-16(13)10-6-2/h5,8-9,11-12,15H,1,6-7,10H2,2-4H3. The average molecular weight is 221 g/mol. The summed E-state index contributed by atoms with van der Waals surface area (Å²) in [6.07, 6.45) is 5.97. The van der Waals surface area contributed by atoms with Gasteiger partial charge in [0.05, 0.1) is 6.20 Å². The molecule has 16 heavy (non-hydrogen) atoms. The van der Waals surface area contributed by atoms with E-state index < -0.39 is 0 Å². The molecule has 1 aromatic rings. The van der Waals surface area contributed by atoms with Gasteiger partial charge in [-0.3, -0.25) is 0 Å². The van der Waals surface area contributed by atoms with E-state index in [4.69, 9.17) is 0 Å². The third kappa shape index (κ3) is 3.40. The summed E-state index contributed by atoms with van der Waals surface area (Å²) >= 11 is 0. The quantitative estimate of drug-likeness (QED) is 0.716. The van der Waals surface area contributed by atoms with Crippen LogP contribution < -0.4 is 5.32 Å². The predicted molar refractivity (Wildman–Crippen MR) is 69.6 cm³/mol. The van der Waals surface area contributed by atoms with Crippen LogP contribution in [0.4, 0.5) is 5.82 Å². The van der Waals surface area contributed by atoms with Crippen molar-refractivity contribution in [2.75, 3.05) is 5.32 Å². The van der Waals surface area contributed by atoms with Crippen molar-refractivity contribution in [1.82, 2.24) is 9.78 Å².